The Labute approximate surface area is 225 Å². The molecule has 0 spiro atoms. The maximum absolute atomic E-state index is 12.0. The van der Waals surface area contributed by atoms with Crippen molar-refractivity contribution in [3.63, 3.8) is 0 Å². The van der Waals surface area contributed by atoms with Gasteiger partial charge in [0.15, 0.2) is 28.4 Å². The highest BCUT2D eigenvalue weighted by molar-refractivity contribution is 7.99. The number of nitrogen functional groups attached to an aromatic ring is 1. The van der Waals surface area contributed by atoms with Crippen molar-refractivity contribution < 1.29 is 49.6 Å². The molecule has 1 aliphatic heterocycles. The number of benzene rings is 1. The van der Waals surface area contributed by atoms with Gasteiger partial charge < -0.3 is 50.6 Å². The molecule has 6 atom stereocenters. The summed E-state index contributed by atoms with van der Waals surface area (Å²) in [5.41, 5.74) is 6.64. The molecule has 0 saturated carbocycles. The normalized spacial score (nSPS) is 22.6. The average molecular weight is 568 g/mol. The summed E-state index contributed by atoms with van der Waals surface area (Å²) in [7, 11) is 0. The van der Waals surface area contributed by atoms with Crippen LogP contribution in [0.2, 0.25) is 0 Å². The molecule has 1 fully saturated rings. The lowest BCUT2D eigenvalue weighted by Gasteiger charge is -2.19. The average Bonchev–Trinajstić information content (AvgIpc) is 3.46. The van der Waals surface area contributed by atoms with Crippen LogP contribution in [-0.2, 0) is 9.47 Å². The number of anilines is 1. The molecule has 3 heterocycles. The lowest BCUT2D eigenvalue weighted by Crippen LogP contribution is -2.33. The second-order valence-electron chi connectivity index (χ2n) is 8.66. The van der Waals surface area contributed by atoms with E-state index in [9.17, 15) is 30.3 Å². The SMILES string of the molecule is Nc1ncnc2c1nc(SC[C@@H](O)COc1ccc(C(=O)OCC(O)CO)cc1)n2[C@@H]1O[C@H](CO)[C@@H](O)[C@H]1O. The van der Waals surface area contributed by atoms with Crippen LogP contribution in [0.4, 0.5) is 5.82 Å². The van der Waals surface area contributed by atoms with Crippen LogP contribution in [0.25, 0.3) is 11.2 Å². The minimum absolute atomic E-state index is 0.0909. The standard InChI is InChI=1S/C23H29N5O10S/c24-19-16-20(26-10-25-19)28(21-18(34)17(33)15(6-30)38-21)23(27-16)39-9-13(32)8-36-14-3-1-11(2-4-14)22(35)37-7-12(31)5-29/h1-4,10,12-13,15,17-18,21,29-34H,5-9H2,(H2,24,25,26)/t12?,13-,15+,17+,18+,21+/m0/s1. The van der Waals surface area contributed by atoms with Gasteiger partial charge in [0, 0.05) is 5.75 Å². The van der Waals surface area contributed by atoms with Crippen LogP contribution >= 0.6 is 11.8 Å². The first-order valence-corrected chi connectivity index (χ1v) is 12.8. The van der Waals surface area contributed by atoms with E-state index >= 15 is 0 Å². The fourth-order valence-corrected chi connectivity index (χ4v) is 4.66. The predicted octanol–water partition coefficient (Wildman–Crippen LogP) is -1.94. The molecule has 0 aliphatic carbocycles. The number of nitrogens with zero attached hydrogens (tertiary/aromatic N) is 4. The third-order valence-electron chi connectivity index (χ3n) is 5.80. The van der Waals surface area contributed by atoms with Gasteiger partial charge in [-0.2, -0.15) is 0 Å². The van der Waals surface area contributed by atoms with Crippen LogP contribution in [0.15, 0.2) is 35.7 Å². The maximum atomic E-state index is 12.0. The molecule has 3 aromatic rings. The molecular weight excluding hydrogens is 538 g/mol. The molecule has 8 N–H and O–H groups in total. The molecule has 1 aliphatic rings. The fourth-order valence-electron chi connectivity index (χ4n) is 3.74. The number of fused-ring (bicyclic) bond motifs is 1. The topological polar surface area (TPSA) is 236 Å². The molecule has 1 unspecified atom stereocenters. The van der Waals surface area contributed by atoms with Crippen LogP contribution < -0.4 is 10.5 Å². The van der Waals surface area contributed by atoms with Gasteiger partial charge in [-0.25, -0.2) is 19.7 Å². The summed E-state index contributed by atoms with van der Waals surface area (Å²) in [6.45, 7) is -1.47. The van der Waals surface area contributed by atoms with Crippen molar-refractivity contribution in [1.82, 2.24) is 19.5 Å². The first-order chi connectivity index (χ1) is 18.7. The summed E-state index contributed by atoms with van der Waals surface area (Å²) in [6.07, 6.45) is -5.77. The summed E-state index contributed by atoms with van der Waals surface area (Å²) in [4.78, 5) is 24.5. The largest absolute Gasteiger partial charge is 0.491 e. The fraction of sp³-hybridized carbons (Fsp3) is 0.478. The second kappa shape index (κ2) is 12.8. The van der Waals surface area contributed by atoms with E-state index in [1.807, 2.05) is 0 Å². The summed E-state index contributed by atoms with van der Waals surface area (Å²) in [5.74, 6) is -0.0999. The van der Waals surface area contributed by atoms with Gasteiger partial charge in [0.2, 0.25) is 0 Å². The Morgan fingerprint density at radius 3 is 2.51 bits per heavy atom. The van der Waals surface area contributed by atoms with Crippen molar-refractivity contribution >= 4 is 34.7 Å². The number of rotatable bonds is 12. The van der Waals surface area contributed by atoms with E-state index < -0.39 is 55.9 Å². The van der Waals surface area contributed by atoms with E-state index in [0.29, 0.717) is 5.75 Å². The second-order valence-corrected chi connectivity index (χ2v) is 9.65. The number of hydrogen-bond acceptors (Lipinski definition) is 15. The third kappa shape index (κ3) is 6.56. The first kappa shape index (κ1) is 28.9. The van der Waals surface area contributed by atoms with Gasteiger partial charge in [0.1, 0.15) is 49.7 Å². The number of aromatic nitrogens is 4. The molecule has 2 aromatic heterocycles. The third-order valence-corrected chi connectivity index (χ3v) is 6.90. The summed E-state index contributed by atoms with van der Waals surface area (Å²) in [6, 6.07) is 5.95. The Balaban J connectivity index is 1.38. The lowest BCUT2D eigenvalue weighted by molar-refractivity contribution is -0.0548. The Morgan fingerprint density at radius 2 is 1.85 bits per heavy atom. The van der Waals surface area contributed by atoms with E-state index in [4.69, 9.17) is 25.1 Å². The van der Waals surface area contributed by atoms with Gasteiger partial charge in [-0.15, -0.1) is 0 Å². The molecule has 1 saturated heterocycles. The number of thioether (sulfide) groups is 1. The monoisotopic (exact) mass is 567 g/mol. The van der Waals surface area contributed by atoms with E-state index in [1.165, 1.54) is 35.2 Å². The van der Waals surface area contributed by atoms with Gasteiger partial charge in [0.05, 0.1) is 24.9 Å². The van der Waals surface area contributed by atoms with Crippen LogP contribution in [-0.4, -0.2) is 119 Å². The summed E-state index contributed by atoms with van der Waals surface area (Å²) < 4.78 is 17.6. The quantitative estimate of drug-likeness (QED) is 0.0931. The Kier molecular flexibility index (Phi) is 9.52. The molecular formula is C23H29N5O10S. The van der Waals surface area contributed by atoms with Crippen molar-refractivity contribution in [2.45, 2.75) is 41.9 Å². The molecule has 1 aromatic carbocycles. The summed E-state index contributed by atoms with van der Waals surface area (Å²) >= 11 is 1.10. The van der Waals surface area contributed by atoms with Gasteiger partial charge >= 0.3 is 5.97 Å². The molecule has 212 valence electrons. The van der Waals surface area contributed by atoms with Crippen LogP contribution in [0.3, 0.4) is 0 Å². The highest BCUT2D eigenvalue weighted by atomic mass is 32.2. The number of ether oxygens (including phenoxy) is 3. The highest BCUT2D eigenvalue weighted by Crippen LogP contribution is 2.36. The van der Waals surface area contributed by atoms with Crippen molar-refractivity contribution in [3.8, 4) is 5.75 Å². The molecule has 39 heavy (non-hydrogen) atoms. The highest BCUT2D eigenvalue weighted by Gasteiger charge is 2.45. The van der Waals surface area contributed by atoms with Gasteiger partial charge in [-0.05, 0) is 24.3 Å². The number of hydrogen-bond donors (Lipinski definition) is 7. The van der Waals surface area contributed by atoms with Crippen molar-refractivity contribution in [3.05, 3.63) is 36.2 Å². The maximum Gasteiger partial charge on any atom is 0.338 e. The molecule has 0 amide bonds. The zero-order chi connectivity index (χ0) is 28.1. The minimum Gasteiger partial charge on any atom is -0.491 e. The Hall–Kier alpha value is -3.09. The Morgan fingerprint density at radius 1 is 1.10 bits per heavy atom. The van der Waals surface area contributed by atoms with E-state index in [-0.39, 0.29) is 46.7 Å². The van der Waals surface area contributed by atoms with E-state index in [0.717, 1.165) is 11.8 Å². The predicted molar refractivity (Wildman–Crippen MR) is 135 cm³/mol. The van der Waals surface area contributed by atoms with Crippen molar-refractivity contribution in [2.24, 2.45) is 0 Å². The number of carbonyl (C=O) groups is 1. The zero-order valence-corrected chi connectivity index (χ0v) is 21.3. The summed E-state index contributed by atoms with van der Waals surface area (Å²) in [5, 5.41) is 59.1. The molecule has 4 rings (SSSR count). The zero-order valence-electron chi connectivity index (χ0n) is 20.5. The molecule has 0 radical (unpaired) electrons. The Bertz CT molecular complexity index is 1260. The van der Waals surface area contributed by atoms with Crippen molar-refractivity contribution in [1.29, 1.82) is 0 Å². The minimum atomic E-state index is -1.39. The molecule has 15 nitrogen and oxygen atoms in total. The van der Waals surface area contributed by atoms with E-state index in [2.05, 4.69) is 15.0 Å². The van der Waals surface area contributed by atoms with Gasteiger partial charge in [-0.3, -0.25) is 4.57 Å². The molecule has 16 heteroatoms. The van der Waals surface area contributed by atoms with Crippen LogP contribution in [0.1, 0.15) is 16.6 Å². The van der Waals surface area contributed by atoms with Gasteiger partial charge in [-0.1, -0.05) is 11.8 Å². The van der Waals surface area contributed by atoms with E-state index in [1.54, 1.807) is 0 Å². The van der Waals surface area contributed by atoms with Crippen LogP contribution in [0, 0.1) is 0 Å². The number of esters is 1. The smallest absolute Gasteiger partial charge is 0.338 e. The number of nitrogens with two attached hydrogens (primary N) is 1. The number of imidazole rings is 1. The van der Waals surface area contributed by atoms with Crippen molar-refractivity contribution in [2.75, 3.05) is 37.9 Å². The van der Waals surface area contributed by atoms with Crippen LogP contribution in [0.5, 0.6) is 5.75 Å². The number of aliphatic hydroxyl groups excluding tert-OH is 6. The molecule has 0 bridgehead atoms. The number of carbonyl (C=O) groups excluding carboxylic acids is 1. The number of aliphatic hydroxyl groups is 6. The van der Waals surface area contributed by atoms with Gasteiger partial charge in [0.25, 0.3) is 0 Å². The lowest BCUT2D eigenvalue weighted by atomic mass is 10.1. The first-order valence-electron chi connectivity index (χ1n) is 11.8.